The van der Waals surface area contributed by atoms with Crippen molar-refractivity contribution in [1.82, 2.24) is 4.90 Å². The lowest BCUT2D eigenvalue weighted by atomic mass is 10.1. The Hall–Kier alpha value is -3.84. The van der Waals surface area contributed by atoms with Gasteiger partial charge in [0.1, 0.15) is 18.9 Å². The predicted octanol–water partition coefficient (Wildman–Crippen LogP) is 5.25. The molecule has 1 heterocycles. The van der Waals surface area contributed by atoms with E-state index in [1.807, 2.05) is 61.5 Å². The number of benzene rings is 3. The number of carbonyl (C=O) groups excluding carboxylic acids is 3. The summed E-state index contributed by atoms with van der Waals surface area (Å²) in [4.78, 5) is 38.5. The van der Waals surface area contributed by atoms with Gasteiger partial charge in [0.05, 0.1) is 4.91 Å². The maximum Gasteiger partial charge on any atom is 0.294 e. The Labute approximate surface area is 196 Å². The van der Waals surface area contributed by atoms with Gasteiger partial charge in [0.25, 0.3) is 11.1 Å². The van der Waals surface area contributed by atoms with Gasteiger partial charge >= 0.3 is 0 Å². The van der Waals surface area contributed by atoms with Gasteiger partial charge in [0.15, 0.2) is 0 Å². The summed E-state index contributed by atoms with van der Waals surface area (Å²) < 4.78 is 5.85. The summed E-state index contributed by atoms with van der Waals surface area (Å²) in [6.07, 6.45) is 1.64. The molecule has 0 aromatic heterocycles. The zero-order valence-corrected chi connectivity index (χ0v) is 18.8. The van der Waals surface area contributed by atoms with E-state index in [1.165, 1.54) is 5.56 Å². The van der Waals surface area contributed by atoms with Crippen molar-refractivity contribution in [3.05, 3.63) is 100 Å². The number of amides is 3. The van der Waals surface area contributed by atoms with Gasteiger partial charge in [-0.3, -0.25) is 19.3 Å². The molecule has 166 valence electrons. The number of thioether (sulfide) groups is 1. The van der Waals surface area contributed by atoms with Crippen molar-refractivity contribution in [1.29, 1.82) is 0 Å². The SMILES string of the molecule is Cc1ccccc1COc1ccc(/C=C2\SC(=O)N(CC(=O)Nc3ccccc3)C2=O)cc1. The first kappa shape index (κ1) is 22.4. The Morgan fingerprint density at radius 1 is 0.970 bits per heavy atom. The number of anilines is 1. The topological polar surface area (TPSA) is 75.7 Å². The lowest BCUT2D eigenvalue weighted by Crippen LogP contribution is -2.36. The second kappa shape index (κ2) is 10.2. The van der Waals surface area contributed by atoms with Gasteiger partial charge in [-0.25, -0.2) is 0 Å². The predicted molar refractivity (Wildman–Crippen MR) is 130 cm³/mol. The minimum atomic E-state index is -0.479. The largest absolute Gasteiger partial charge is 0.489 e. The lowest BCUT2D eigenvalue weighted by molar-refractivity contribution is -0.127. The fourth-order valence-corrected chi connectivity index (χ4v) is 4.08. The average Bonchev–Trinajstić information content (AvgIpc) is 3.07. The Morgan fingerprint density at radius 2 is 1.67 bits per heavy atom. The molecule has 0 unspecified atom stereocenters. The van der Waals surface area contributed by atoms with Crippen molar-refractivity contribution in [3.63, 3.8) is 0 Å². The zero-order valence-electron chi connectivity index (χ0n) is 18.0. The summed E-state index contributed by atoms with van der Waals surface area (Å²) in [6, 6.07) is 24.2. The highest BCUT2D eigenvalue weighted by molar-refractivity contribution is 8.18. The van der Waals surface area contributed by atoms with Crippen LogP contribution in [0.3, 0.4) is 0 Å². The van der Waals surface area contributed by atoms with E-state index in [1.54, 1.807) is 30.3 Å². The van der Waals surface area contributed by atoms with Crippen LogP contribution in [0.5, 0.6) is 5.75 Å². The molecule has 6 nitrogen and oxygen atoms in total. The smallest absolute Gasteiger partial charge is 0.294 e. The van der Waals surface area contributed by atoms with E-state index in [4.69, 9.17) is 4.74 Å². The summed E-state index contributed by atoms with van der Waals surface area (Å²) in [7, 11) is 0. The number of carbonyl (C=O) groups is 3. The molecule has 3 aromatic rings. The molecule has 1 aliphatic rings. The van der Waals surface area contributed by atoms with Gasteiger partial charge in [0, 0.05) is 5.69 Å². The number of para-hydroxylation sites is 1. The fourth-order valence-electron chi connectivity index (χ4n) is 3.25. The van der Waals surface area contributed by atoms with Crippen LogP contribution < -0.4 is 10.1 Å². The first-order valence-corrected chi connectivity index (χ1v) is 11.2. The molecule has 0 atom stereocenters. The number of aryl methyl sites for hydroxylation is 1. The summed E-state index contributed by atoms with van der Waals surface area (Å²) in [5.74, 6) is -0.200. The van der Waals surface area contributed by atoms with Gasteiger partial charge in [-0.15, -0.1) is 0 Å². The summed E-state index contributed by atoms with van der Waals surface area (Å²) >= 11 is 0.826. The molecule has 33 heavy (non-hydrogen) atoms. The minimum Gasteiger partial charge on any atom is -0.489 e. The van der Waals surface area contributed by atoms with E-state index >= 15 is 0 Å². The third-order valence-corrected chi connectivity index (χ3v) is 5.97. The van der Waals surface area contributed by atoms with E-state index in [0.29, 0.717) is 18.0 Å². The second-order valence-electron chi connectivity index (χ2n) is 7.47. The molecule has 3 amide bonds. The fraction of sp³-hybridized carbons (Fsp3) is 0.115. The van der Waals surface area contributed by atoms with Gasteiger partial charge in [-0.2, -0.15) is 0 Å². The van der Waals surface area contributed by atoms with Crippen molar-refractivity contribution in [2.24, 2.45) is 0 Å². The maximum absolute atomic E-state index is 12.7. The van der Waals surface area contributed by atoms with Gasteiger partial charge in [-0.1, -0.05) is 54.6 Å². The molecule has 0 aliphatic carbocycles. The number of hydrogen-bond acceptors (Lipinski definition) is 5. The van der Waals surface area contributed by atoms with E-state index < -0.39 is 17.1 Å². The van der Waals surface area contributed by atoms with Gasteiger partial charge in [0.2, 0.25) is 5.91 Å². The van der Waals surface area contributed by atoms with Crippen LogP contribution >= 0.6 is 11.8 Å². The molecule has 0 spiro atoms. The molecule has 7 heteroatoms. The molecule has 1 N–H and O–H groups in total. The van der Waals surface area contributed by atoms with Crippen LogP contribution in [0.15, 0.2) is 83.8 Å². The standard InChI is InChI=1S/C26H22N2O4S/c1-18-7-5-6-8-20(18)17-32-22-13-11-19(12-14-22)15-23-25(30)28(26(31)33-23)16-24(29)27-21-9-3-2-4-10-21/h2-15H,16-17H2,1H3,(H,27,29)/b23-15-. The highest BCUT2D eigenvalue weighted by Gasteiger charge is 2.36. The van der Waals surface area contributed by atoms with E-state index in [9.17, 15) is 14.4 Å². The Balaban J connectivity index is 1.36. The number of hydrogen-bond donors (Lipinski definition) is 1. The van der Waals surface area contributed by atoms with Crippen molar-refractivity contribution in [2.45, 2.75) is 13.5 Å². The molecule has 0 saturated carbocycles. The van der Waals surface area contributed by atoms with Crippen LogP contribution in [0, 0.1) is 6.92 Å². The van der Waals surface area contributed by atoms with Gasteiger partial charge < -0.3 is 10.1 Å². The number of imide groups is 1. The van der Waals surface area contributed by atoms with Crippen LogP contribution in [0.25, 0.3) is 6.08 Å². The number of nitrogens with one attached hydrogen (secondary N) is 1. The monoisotopic (exact) mass is 458 g/mol. The second-order valence-corrected chi connectivity index (χ2v) is 8.46. The van der Waals surface area contributed by atoms with Crippen molar-refractivity contribution < 1.29 is 19.1 Å². The Bertz CT molecular complexity index is 1210. The summed E-state index contributed by atoms with van der Waals surface area (Å²) in [5, 5.41) is 2.22. The summed E-state index contributed by atoms with van der Waals surface area (Å²) in [6.45, 7) is 2.18. The highest BCUT2D eigenvalue weighted by Crippen LogP contribution is 2.32. The van der Waals surface area contributed by atoms with Crippen LogP contribution in [0.1, 0.15) is 16.7 Å². The van der Waals surface area contributed by atoms with Crippen molar-refractivity contribution in [2.75, 3.05) is 11.9 Å². The Kier molecular flexibility index (Phi) is 6.90. The van der Waals surface area contributed by atoms with E-state index in [0.717, 1.165) is 27.8 Å². The minimum absolute atomic E-state index is 0.279. The number of rotatable bonds is 7. The molecule has 0 bridgehead atoms. The molecular weight excluding hydrogens is 436 g/mol. The molecular formula is C26H22N2O4S. The quantitative estimate of drug-likeness (QED) is 0.490. The van der Waals surface area contributed by atoms with Crippen LogP contribution in [0.4, 0.5) is 10.5 Å². The molecule has 4 rings (SSSR count). The molecule has 3 aromatic carbocycles. The Morgan fingerprint density at radius 3 is 2.39 bits per heavy atom. The third kappa shape index (κ3) is 5.70. The summed E-state index contributed by atoms with van der Waals surface area (Å²) in [5.41, 5.74) is 3.65. The van der Waals surface area contributed by atoms with Crippen LogP contribution in [-0.4, -0.2) is 28.5 Å². The first-order valence-electron chi connectivity index (χ1n) is 10.4. The first-order chi connectivity index (χ1) is 16.0. The lowest BCUT2D eigenvalue weighted by Gasteiger charge is -2.12. The third-order valence-electron chi connectivity index (χ3n) is 5.07. The molecule has 1 saturated heterocycles. The average molecular weight is 459 g/mol. The van der Waals surface area contributed by atoms with Crippen LogP contribution in [0.2, 0.25) is 0 Å². The van der Waals surface area contributed by atoms with E-state index in [2.05, 4.69) is 5.32 Å². The molecule has 1 aliphatic heterocycles. The number of nitrogens with zero attached hydrogens (tertiary/aromatic N) is 1. The zero-order chi connectivity index (χ0) is 23.2. The maximum atomic E-state index is 12.7. The van der Waals surface area contributed by atoms with Crippen molar-refractivity contribution >= 4 is 40.6 Å². The van der Waals surface area contributed by atoms with Crippen LogP contribution in [-0.2, 0) is 16.2 Å². The highest BCUT2D eigenvalue weighted by atomic mass is 32.2. The van der Waals surface area contributed by atoms with Gasteiger partial charge in [-0.05, 0) is 65.7 Å². The molecule has 1 fully saturated rings. The number of ether oxygens (including phenoxy) is 1. The normalized spacial score (nSPS) is 14.6. The van der Waals surface area contributed by atoms with Crippen molar-refractivity contribution in [3.8, 4) is 5.75 Å². The van der Waals surface area contributed by atoms with E-state index in [-0.39, 0.29) is 11.4 Å². The molecule has 0 radical (unpaired) electrons.